The Morgan fingerprint density at radius 2 is 1.77 bits per heavy atom. The predicted molar refractivity (Wildman–Crippen MR) is 117 cm³/mol. The van der Waals surface area contributed by atoms with Gasteiger partial charge in [0.15, 0.2) is 4.80 Å². The fraction of sp³-hybridized carbons (Fsp3) is 0.0435. The second-order valence-corrected chi connectivity index (χ2v) is 7.50. The van der Waals surface area contributed by atoms with Crippen LogP contribution in [0.25, 0.3) is 16.9 Å². The van der Waals surface area contributed by atoms with Crippen molar-refractivity contribution < 1.29 is 9.72 Å². The van der Waals surface area contributed by atoms with Gasteiger partial charge >= 0.3 is 0 Å². The van der Waals surface area contributed by atoms with E-state index in [2.05, 4.69) is 4.99 Å². The molecular weight excluding hydrogens is 398 g/mol. The fourth-order valence-corrected chi connectivity index (χ4v) is 4.03. The van der Waals surface area contributed by atoms with Gasteiger partial charge in [0.05, 0.1) is 16.3 Å². The summed E-state index contributed by atoms with van der Waals surface area (Å²) in [6.45, 7) is 1.92. The Bertz CT molecular complexity index is 1310. The van der Waals surface area contributed by atoms with Gasteiger partial charge in [-0.3, -0.25) is 19.5 Å². The molecule has 4 rings (SSSR count). The monoisotopic (exact) mass is 415 g/mol. The van der Waals surface area contributed by atoms with Gasteiger partial charge in [-0.15, -0.1) is 11.3 Å². The molecule has 0 fully saturated rings. The minimum Gasteiger partial charge on any atom is -0.285 e. The molecule has 0 aliphatic heterocycles. The summed E-state index contributed by atoms with van der Waals surface area (Å²) in [4.78, 5) is 28.4. The van der Waals surface area contributed by atoms with Crippen LogP contribution >= 0.6 is 11.3 Å². The molecule has 0 radical (unpaired) electrons. The first kappa shape index (κ1) is 19.5. The zero-order chi connectivity index (χ0) is 21.1. The summed E-state index contributed by atoms with van der Waals surface area (Å²) in [6.07, 6.45) is 0. The number of aryl methyl sites for hydroxylation is 1. The molecule has 0 spiro atoms. The molecule has 0 saturated heterocycles. The molecule has 3 aromatic carbocycles. The summed E-state index contributed by atoms with van der Waals surface area (Å²) < 4.78 is 1.78. The number of nitrogens with zero attached hydrogens (tertiary/aromatic N) is 3. The van der Waals surface area contributed by atoms with Gasteiger partial charge in [-0.2, -0.15) is 4.99 Å². The minimum atomic E-state index is -0.437. The van der Waals surface area contributed by atoms with Crippen molar-refractivity contribution in [2.24, 2.45) is 4.99 Å². The predicted octanol–water partition coefficient (Wildman–Crippen LogP) is 5.16. The Hall–Kier alpha value is -3.84. The van der Waals surface area contributed by atoms with Gasteiger partial charge in [-0.05, 0) is 30.7 Å². The number of non-ortho nitro benzene ring substituents is 1. The maximum absolute atomic E-state index is 12.8. The van der Waals surface area contributed by atoms with E-state index in [0.29, 0.717) is 16.1 Å². The molecule has 148 valence electrons. The zero-order valence-corrected chi connectivity index (χ0v) is 16.9. The number of hydrogen-bond acceptors (Lipinski definition) is 4. The van der Waals surface area contributed by atoms with Gasteiger partial charge in [0, 0.05) is 23.1 Å². The van der Waals surface area contributed by atoms with Gasteiger partial charge in [0.1, 0.15) is 0 Å². The average Bonchev–Trinajstić information content (AvgIpc) is 3.18. The summed E-state index contributed by atoms with van der Waals surface area (Å²) in [7, 11) is 0. The van der Waals surface area contributed by atoms with E-state index < -0.39 is 4.92 Å². The van der Waals surface area contributed by atoms with Crippen molar-refractivity contribution in [1.29, 1.82) is 0 Å². The summed E-state index contributed by atoms with van der Waals surface area (Å²) in [5, 5.41) is 13.2. The molecule has 4 aromatic rings. The number of hydrogen-bond donors (Lipinski definition) is 0. The van der Waals surface area contributed by atoms with E-state index in [1.165, 1.54) is 23.5 Å². The lowest BCUT2D eigenvalue weighted by atomic mass is 10.1. The second-order valence-electron chi connectivity index (χ2n) is 6.67. The number of amides is 1. The Morgan fingerprint density at radius 1 is 1.00 bits per heavy atom. The van der Waals surface area contributed by atoms with Crippen molar-refractivity contribution in [2.45, 2.75) is 6.92 Å². The van der Waals surface area contributed by atoms with Crippen LogP contribution in [0.3, 0.4) is 0 Å². The van der Waals surface area contributed by atoms with E-state index in [4.69, 9.17) is 0 Å². The largest absolute Gasteiger partial charge is 0.285 e. The van der Waals surface area contributed by atoms with Gasteiger partial charge in [0.2, 0.25) is 0 Å². The van der Waals surface area contributed by atoms with Gasteiger partial charge in [-0.25, -0.2) is 0 Å². The van der Waals surface area contributed by atoms with Gasteiger partial charge in [0.25, 0.3) is 11.6 Å². The third kappa shape index (κ3) is 3.97. The van der Waals surface area contributed by atoms with E-state index in [1.807, 2.05) is 54.8 Å². The number of nitro benzene ring substituents is 1. The Morgan fingerprint density at radius 3 is 2.50 bits per heavy atom. The molecule has 7 heteroatoms. The van der Waals surface area contributed by atoms with Crippen LogP contribution in [0, 0.1) is 17.0 Å². The highest BCUT2D eigenvalue weighted by Gasteiger charge is 2.14. The summed E-state index contributed by atoms with van der Waals surface area (Å²) in [5.74, 6) is -0.362. The molecule has 0 aliphatic carbocycles. The lowest BCUT2D eigenvalue weighted by Gasteiger charge is -2.09. The molecule has 0 bridgehead atoms. The Balaban J connectivity index is 1.92. The van der Waals surface area contributed by atoms with Crippen molar-refractivity contribution >= 4 is 22.9 Å². The number of rotatable bonds is 4. The summed E-state index contributed by atoms with van der Waals surface area (Å²) in [5.41, 5.74) is 3.73. The van der Waals surface area contributed by atoms with Crippen LogP contribution < -0.4 is 4.80 Å². The Kier molecular flexibility index (Phi) is 5.36. The van der Waals surface area contributed by atoms with E-state index >= 15 is 0 Å². The van der Waals surface area contributed by atoms with E-state index in [0.717, 1.165) is 16.8 Å². The maximum atomic E-state index is 12.8. The molecule has 0 saturated carbocycles. The number of thiazole rings is 1. The van der Waals surface area contributed by atoms with Crippen LogP contribution in [0.1, 0.15) is 15.9 Å². The third-order valence-electron chi connectivity index (χ3n) is 4.54. The number of aromatic nitrogens is 1. The lowest BCUT2D eigenvalue weighted by Crippen LogP contribution is -2.16. The molecule has 1 heterocycles. The summed E-state index contributed by atoms with van der Waals surface area (Å²) in [6, 6.07) is 23.2. The van der Waals surface area contributed by atoms with Gasteiger partial charge < -0.3 is 0 Å². The molecule has 0 unspecified atom stereocenters. The first-order chi connectivity index (χ1) is 14.5. The fourth-order valence-electron chi connectivity index (χ4n) is 3.12. The Labute approximate surface area is 176 Å². The van der Waals surface area contributed by atoms with Crippen molar-refractivity contribution in [3.05, 3.63) is 110 Å². The number of benzene rings is 3. The van der Waals surface area contributed by atoms with Gasteiger partial charge in [-0.1, -0.05) is 54.1 Å². The molecule has 0 N–H and O–H groups in total. The quantitative estimate of drug-likeness (QED) is 0.341. The van der Waals surface area contributed by atoms with Crippen LogP contribution in [-0.4, -0.2) is 15.4 Å². The molecular formula is C23H17N3O3S. The smallest absolute Gasteiger partial charge is 0.279 e. The molecule has 1 aromatic heterocycles. The van der Waals surface area contributed by atoms with Crippen molar-refractivity contribution in [3.8, 4) is 16.9 Å². The van der Waals surface area contributed by atoms with Crippen molar-refractivity contribution in [2.75, 3.05) is 0 Å². The molecule has 0 atom stereocenters. The van der Waals surface area contributed by atoms with Crippen molar-refractivity contribution in [3.63, 3.8) is 0 Å². The van der Waals surface area contributed by atoms with Crippen LogP contribution in [0.5, 0.6) is 0 Å². The van der Waals surface area contributed by atoms with Crippen LogP contribution in [-0.2, 0) is 0 Å². The average molecular weight is 415 g/mol. The standard InChI is InChI=1S/C23H17N3O3S/c1-16-7-5-10-18(13-16)22(27)24-23-25(19-11-6-12-20(14-19)26(28)29)21(15-30-23)17-8-3-2-4-9-17/h2-15H,1H3. The van der Waals surface area contributed by atoms with E-state index in [1.54, 1.807) is 28.8 Å². The highest BCUT2D eigenvalue weighted by atomic mass is 32.1. The van der Waals surface area contributed by atoms with E-state index in [9.17, 15) is 14.9 Å². The maximum Gasteiger partial charge on any atom is 0.279 e. The molecule has 30 heavy (non-hydrogen) atoms. The lowest BCUT2D eigenvalue weighted by molar-refractivity contribution is -0.384. The number of carbonyl (C=O) groups is 1. The topological polar surface area (TPSA) is 77.5 Å². The third-order valence-corrected chi connectivity index (χ3v) is 5.36. The molecule has 0 aliphatic rings. The van der Waals surface area contributed by atoms with Crippen molar-refractivity contribution in [1.82, 2.24) is 4.57 Å². The number of carbonyl (C=O) groups excluding carboxylic acids is 1. The highest BCUT2D eigenvalue weighted by molar-refractivity contribution is 7.07. The highest BCUT2D eigenvalue weighted by Crippen LogP contribution is 2.25. The normalized spacial score (nSPS) is 11.4. The first-order valence-electron chi connectivity index (χ1n) is 9.19. The van der Waals surface area contributed by atoms with Crippen LogP contribution in [0.4, 0.5) is 5.69 Å². The SMILES string of the molecule is Cc1cccc(C(=O)N=c2scc(-c3ccccc3)n2-c2cccc([N+](=O)[O-])c2)c1. The first-order valence-corrected chi connectivity index (χ1v) is 10.1. The van der Waals surface area contributed by atoms with Crippen LogP contribution in [0.2, 0.25) is 0 Å². The zero-order valence-electron chi connectivity index (χ0n) is 16.1. The molecule has 1 amide bonds. The van der Waals surface area contributed by atoms with Crippen LogP contribution in [0.15, 0.2) is 89.2 Å². The number of nitro groups is 1. The molecule has 6 nitrogen and oxygen atoms in total. The van der Waals surface area contributed by atoms with E-state index in [-0.39, 0.29) is 11.6 Å². The minimum absolute atomic E-state index is 0.0267. The second kappa shape index (κ2) is 8.26. The summed E-state index contributed by atoms with van der Waals surface area (Å²) >= 11 is 1.31.